The smallest absolute Gasteiger partial charge is 0.410 e. The van der Waals surface area contributed by atoms with Crippen molar-refractivity contribution in [3.63, 3.8) is 0 Å². The third kappa shape index (κ3) is 7.17. The second-order valence-electron chi connectivity index (χ2n) is 14.5. The molecule has 1 aromatic carbocycles. The summed E-state index contributed by atoms with van der Waals surface area (Å²) < 4.78 is 17.1. The van der Waals surface area contributed by atoms with Crippen LogP contribution < -0.4 is 5.56 Å². The SMILES string of the molecule is CC(C)(C)OC(=O)N1CCC(n2cc(-c3cc4c5ncn(-c6c(Cl)cccc6Cl)c(=O)c5cnc4n3COCC[Si](C)(C)C)cn2)CC1. The third-order valence-corrected chi connectivity index (χ3v) is 10.7. The molecule has 0 bridgehead atoms. The molecule has 0 aliphatic carbocycles. The van der Waals surface area contributed by atoms with E-state index in [1.165, 1.54) is 10.9 Å². The normalized spacial score (nSPS) is 14.7. The van der Waals surface area contributed by atoms with E-state index in [0.29, 0.717) is 52.0 Å². The van der Waals surface area contributed by atoms with Gasteiger partial charge in [0.25, 0.3) is 5.56 Å². The number of pyridine rings is 1. The van der Waals surface area contributed by atoms with Gasteiger partial charge in [0.2, 0.25) is 0 Å². The number of para-hydroxylation sites is 1. The number of aromatic nitrogens is 6. The summed E-state index contributed by atoms with van der Waals surface area (Å²) in [5.74, 6) is 0. The maximum atomic E-state index is 13.7. The van der Waals surface area contributed by atoms with Crippen LogP contribution in [-0.4, -0.2) is 73.2 Å². The molecule has 48 heavy (non-hydrogen) atoms. The van der Waals surface area contributed by atoms with Crippen LogP contribution >= 0.6 is 23.2 Å². The predicted molar refractivity (Wildman–Crippen MR) is 192 cm³/mol. The molecule has 1 aliphatic rings. The van der Waals surface area contributed by atoms with Gasteiger partial charge in [0, 0.05) is 51.1 Å². The fourth-order valence-corrected chi connectivity index (χ4v) is 7.21. The molecule has 1 fully saturated rings. The minimum Gasteiger partial charge on any atom is -0.444 e. The summed E-state index contributed by atoms with van der Waals surface area (Å²) in [6.45, 7) is 14.7. The zero-order valence-corrected chi connectivity index (χ0v) is 30.7. The number of amides is 1. The first-order valence-corrected chi connectivity index (χ1v) is 20.6. The number of carbonyl (C=O) groups excluding carboxylic acids is 1. The van der Waals surface area contributed by atoms with Crippen molar-refractivity contribution in [2.24, 2.45) is 0 Å². The number of ether oxygens (including phenoxy) is 2. The number of carbonyl (C=O) groups is 1. The van der Waals surface area contributed by atoms with Crippen LogP contribution in [0.25, 0.3) is 38.9 Å². The number of fused-ring (bicyclic) bond motifs is 3. The number of piperidine rings is 1. The van der Waals surface area contributed by atoms with E-state index in [0.717, 1.165) is 35.5 Å². The largest absolute Gasteiger partial charge is 0.444 e. The summed E-state index contributed by atoms with van der Waals surface area (Å²) >= 11 is 12.9. The first-order valence-electron chi connectivity index (χ1n) is 16.1. The average molecular weight is 711 g/mol. The molecule has 4 aromatic heterocycles. The standard InChI is InChI=1S/C34H41Cl2N7O4Si/c1-34(2,3)47-33(45)40-12-10-23(11-13-40)43-19-22(17-39-43)28-16-24-29-25(18-37-31(24)42(28)21-46-14-15-48(4,5)6)32(44)41(20-38-29)30-26(35)8-7-9-27(30)36/h7-9,16-20,23H,10-15,21H2,1-6H3. The summed E-state index contributed by atoms with van der Waals surface area (Å²) in [6, 6.07) is 8.25. The van der Waals surface area contributed by atoms with Gasteiger partial charge in [0.1, 0.15) is 24.3 Å². The molecule has 0 atom stereocenters. The van der Waals surface area contributed by atoms with E-state index >= 15 is 0 Å². The van der Waals surface area contributed by atoms with Gasteiger partial charge in [-0.1, -0.05) is 48.9 Å². The van der Waals surface area contributed by atoms with Crippen LogP contribution in [0.1, 0.15) is 39.7 Å². The monoisotopic (exact) mass is 709 g/mol. The van der Waals surface area contributed by atoms with Crippen molar-refractivity contribution in [1.29, 1.82) is 0 Å². The molecule has 1 aliphatic heterocycles. The molecular weight excluding hydrogens is 669 g/mol. The molecule has 1 saturated heterocycles. The molecule has 254 valence electrons. The fourth-order valence-electron chi connectivity index (χ4n) is 5.87. The summed E-state index contributed by atoms with van der Waals surface area (Å²) in [7, 11) is -1.30. The molecule has 14 heteroatoms. The summed E-state index contributed by atoms with van der Waals surface area (Å²) in [5.41, 5.74) is 2.44. The zero-order valence-electron chi connectivity index (χ0n) is 28.2. The molecular formula is C34H41Cl2N7O4Si. The third-order valence-electron chi connectivity index (χ3n) is 8.43. The van der Waals surface area contributed by atoms with Gasteiger partial charge >= 0.3 is 6.09 Å². The van der Waals surface area contributed by atoms with Crippen molar-refractivity contribution < 1.29 is 14.3 Å². The summed E-state index contributed by atoms with van der Waals surface area (Å²) in [6.07, 6.45) is 8.13. The number of hydrogen-bond acceptors (Lipinski definition) is 7. The number of halogens is 2. The first kappa shape index (κ1) is 34.2. The number of benzene rings is 1. The Morgan fingerprint density at radius 2 is 1.75 bits per heavy atom. The molecule has 0 unspecified atom stereocenters. The van der Waals surface area contributed by atoms with Crippen LogP contribution in [0.2, 0.25) is 35.7 Å². The van der Waals surface area contributed by atoms with Gasteiger partial charge in [-0.25, -0.2) is 14.8 Å². The fraction of sp³-hybridized carbons (Fsp3) is 0.441. The summed E-state index contributed by atoms with van der Waals surface area (Å²) in [5, 5.41) is 6.50. The van der Waals surface area contributed by atoms with E-state index in [9.17, 15) is 9.59 Å². The maximum Gasteiger partial charge on any atom is 0.410 e. The quantitative estimate of drug-likeness (QED) is 0.120. The van der Waals surface area contributed by atoms with Crippen molar-refractivity contribution in [2.75, 3.05) is 19.7 Å². The average Bonchev–Trinajstić information content (AvgIpc) is 3.64. The number of likely N-dealkylation sites (tertiary alicyclic amines) is 1. The Morgan fingerprint density at radius 3 is 2.42 bits per heavy atom. The highest BCUT2D eigenvalue weighted by atomic mass is 35.5. The Morgan fingerprint density at radius 1 is 1.04 bits per heavy atom. The van der Waals surface area contributed by atoms with Crippen molar-refractivity contribution in [1.82, 2.24) is 33.8 Å². The van der Waals surface area contributed by atoms with Crippen LogP contribution in [0.4, 0.5) is 4.79 Å². The highest BCUT2D eigenvalue weighted by molar-refractivity contribution is 6.76. The second kappa shape index (κ2) is 13.3. The van der Waals surface area contributed by atoms with Gasteiger partial charge < -0.3 is 18.9 Å². The zero-order chi connectivity index (χ0) is 34.4. The Bertz CT molecular complexity index is 2020. The lowest BCUT2D eigenvalue weighted by atomic mass is 10.1. The van der Waals surface area contributed by atoms with Crippen LogP contribution in [-0.2, 0) is 16.2 Å². The van der Waals surface area contributed by atoms with E-state index in [1.807, 2.05) is 48.5 Å². The lowest BCUT2D eigenvalue weighted by Gasteiger charge is -2.33. The molecule has 0 radical (unpaired) electrons. The topological polar surface area (TPSA) is 109 Å². The van der Waals surface area contributed by atoms with Gasteiger partial charge in [-0.15, -0.1) is 0 Å². The van der Waals surface area contributed by atoms with Crippen molar-refractivity contribution in [3.05, 3.63) is 69.6 Å². The van der Waals surface area contributed by atoms with Crippen LogP contribution in [0.5, 0.6) is 0 Å². The van der Waals surface area contributed by atoms with E-state index in [1.54, 1.807) is 29.3 Å². The van der Waals surface area contributed by atoms with Gasteiger partial charge in [-0.2, -0.15) is 5.10 Å². The molecule has 0 N–H and O–H groups in total. The van der Waals surface area contributed by atoms with Crippen molar-refractivity contribution >= 4 is 59.3 Å². The van der Waals surface area contributed by atoms with E-state index in [2.05, 4.69) is 19.6 Å². The van der Waals surface area contributed by atoms with Crippen molar-refractivity contribution in [2.45, 2.75) is 77.7 Å². The minimum atomic E-state index is -1.30. The lowest BCUT2D eigenvalue weighted by molar-refractivity contribution is 0.0184. The van der Waals surface area contributed by atoms with Gasteiger partial charge in [-0.05, 0) is 57.9 Å². The Labute approximate surface area is 290 Å². The molecule has 0 spiro atoms. The predicted octanol–water partition coefficient (Wildman–Crippen LogP) is 7.79. The second-order valence-corrected chi connectivity index (χ2v) is 20.9. The van der Waals surface area contributed by atoms with Crippen LogP contribution in [0.15, 0.2) is 54.0 Å². The highest BCUT2D eigenvalue weighted by Crippen LogP contribution is 2.33. The van der Waals surface area contributed by atoms with Crippen LogP contribution in [0.3, 0.4) is 0 Å². The lowest BCUT2D eigenvalue weighted by Crippen LogP contribution is -2.42. The van der Waals surface area contributed by atoms with Gasteiger partial charge in [0.15, 0.2) is 0 Å². The van der Waals surface area contributed by atoms with Gasteiger partial charge in [-0.3, -0.25) is 14.0 Å². The van der Waals surface area contributed by atoms with E-state index in [4.69, 9.17) is 47.7 Å². The molecule has 5 aromatic rings. The molecule has 6 rings (SSSR count). The maximum absolute atomic E-state index is 13.7. The Balaban J connectivity index is 1.34. The minimum absolute atomic E-state index is 0.138. The van der Waals surface area contributed by atoms with E-state index < -0.39 is 13.7 Å². The Kier molecular flexibility index (Phi) is 9.47. The molecule has 11 nitrogen and oxygen atoms in total. The highest BCUT2D eigenvalue weighted by Gasteiger charge is 2.28. The van der Waals surface area contributed by atoms with E-state index in [-0.39, 0.29) is 24.4 Å². The molecule has 0 saturated carbocycles. The number of rotatable bonds is 8. The molecule has 1 amide bonds. The number of hydrogen-bond donors (Lipinski definition) is 0. The first-order chi connectivity index (χ1) is 22.7. The summed E-state index contributed by atoms with van der Waals surface area (Å²) in [4.78, 5) is 37.6. The number of nitrogens with zero attached hydrogens (tertiary/aromatic N) is 7. The van der Waals surface area contributed by atoms with Crippen molar-refractivity contribution in [3.8, 4) is 16.9 Å². The molecule has 5 heterocycles. The Hall–Kier alpha value is -3.71. The van der Waals surface area contributed by atoms with Crippen LogP contribution in [0, 0.1) is 0 Å². The van der Waals surface area contributed by atoms with Gasteiger partial charge in [0.05, 0.1) is 44.6 Å².